The van der Waals surface area contributed by atoms with Gasteiger partial charge in [-0.3, -0.25) is 4.90 Å². The molecule has 90 valence electrons. The Morgan fingerprint density at radius 2 is 2.06 bits per heavy atom. The third-order valence-electron chi connectivity index (χ3n) is 2.64. The van der Waals surface area contributed by atoms with Gasteiger partial charge in [0.05, 0.1) is 6.54 Å². The molecule has 1 aromatic rings. The van der Waals surface area contributed by atoms with Crippen molar-refractivity contribution in [2.45, 2.75) is 40.3 Å². The first kappa shape index (κ1) is 12.9. The predicted molar refractivity (Wildman–Crippen MR) is 67.5 cm³/mol. The van der Waals surface area contributed by atoms with Crippen LogP contribution in [-0.4, -0.2) is 34.5 Å². The van der Waals surface area contributed by atoms with Gasteiger partial charge < -0.3 is 5.32 Å². The van der Waals surface area contributed by atoms with E-state index in [0.717, 1.165) is 30.4 Å². The summed E-state index contributed by atoms with van der Waals surface area (Å²) in [5.74, 6) is 1.78. The van der Waals surface area contributed by atoms with Crippen molar-refractivity contribution in [2.24, 2.45) is 0 Å². The monoisotopic (exact) mass is 222 g/mol. The lowest BCUT2D eigenvalue weighted by molar-refractivity contribution is 0.219. The molecule has 0 aliphatic heterocycles. The Labute approximate surface area is 98.1 Å². The smallest absolute Gasteiger partial charge is 0.144 e. The molecule has 0 aliphatic carbocycles. The normalized spacial score (nSPS) is 11.2. The van der Waals surface area contributed by atoms with E-state index < -0.39 is 0 Å². The van der Waals surface area contributed by atoms with Crippen LogP contribution in [0.2, 0.25) is 0 Å². The zero-order valence-corrected chi connectivity index (χ0v) is 10.9. The van der Waals surface area contributed by atoms with Crippen molar-refractivity contribution in [3.63, 3.8) is 0 Å². The Kier molecular flexibility index (Phi) is 4.68. The first-order valence-corrected chi connectivity index (χ1v) is 5.83. The highest BCUT2D eigenvalue weighted by atomic mass is 15.2. The standard InChI is InChI=1S/C12H22N4/c1-6-16(9(2)3)8-12-14-10(4)7-11(13-5)15-12/h7,9H,6,8H2,1-5H3,(H,13,14,15). The molecule has 0 amide bonds. The van der Waals surface area contributed by atoms with Crippen LogP contribution in [0.15, 0.2) is 6.07 Å². The molecule has 1 rings (SSSR count). The molecule has 0 fully saturated rings. The molecule has 4 nitrogen and oxygen atoms in total. The fraction of sp³-hybridized carbons (Fsp3) is 0.667. The maximum absolute atomic E-state index is 4.46. The van der Waals surface area contributed by atoms with E-state index in [1.165, 1.54) is 0 Å². The van der Waals surface area contributed by atoms with Gasteiger partial charge in [0.1, 0.15) is 11.6 Å². The first-order chi connectivity index (χ1) is 7.56. The summed E-state index contributed by atoms with van der Waals surface area (Å²) in [6.45, 7) is 10.4. The molecule has 0 saturated heterocycles. The van der Waals surface area contributed by atoms with Crippen LogP contribution in [0.4, 0.5) is 5.82 Å². The summed E-state index contributed by atoms with van der Waals surface area (Å²) in [6, 6.07) is 2.47. The van der Waals surface area contributed by atoms with Crippen LogP contribution in [0.3, 0.4) is 0 Å². The summed E-state index contributed by atoms with van der Waals surface area (Å²) in [5.41, 5.74) is 1.01. The Bertz CT molecular complexity index is 336. The van der Waals surface area contributed by atoms with Gasteiger partial charge in [0.2, 0.25) is 0 Å². The number of aromatic nitrogens is 2. The molecule has 0 bridgehead atoms. The maximum Gasteiger partial charge on any atom is 0.144 e. The van der Waals surface area contributed by atoms with Crippen LogP contribution in [-0.2, 0) is 6.54 Å². The van der Waals surface area contributed by atoms with E-state index in [9.17, 15) is 0 Å². The molecule has 4 heteroatoms. The summed E-state index contributed by atoms with van der Waals surface area (Å²) in [5, 5.41) is 3.06. The van der Waals surface area contributed by atoms with Crippen molar-refractivity contribution in [2.75, 3.05) is 18.9 Å². The number of hydrogen-bond acceptors (Lipinski definition) is 4. The first-order valence-electron chi connectivity index (χ1n) is 5.83. The van der Waals surface area contributed by atoms with Gasteiger partial charge in [-0.05, 0) is 27.3 Å². The molecule has 0 radical (unpaired) electrons. The average molecular weight is 222 g/mol. The van der Waals surface area contributed by atoms with Gasteiger partial charge in [0, 0.05) is 24.8 Å². The molecular formula is C12H22N4. The number of anilines is 1. The molecule has 0 atom stereocenters. The molecular weight excluding hydrogens is 200 g/mol. The third-order valence-corrected chi connectivity index (χ3v) is 2.64. The van der Waals surface area contributed by atoms with Crippen LogP contribution < -0.4 is 5.32 Å². The number of rotatable bonds is 5. The van der Waals surface area contributed by atoms with Crippen molar-refractivity contribution in [3.8, 4) is 0 Å². The predicted octanol–water partition coefficient (Wildman–Crippen LogP) is 2.06. The van der Waals surface area contributed by atoms with Crippen LogP contribution in [0.5, 0.6) is 0 Å². The summed E-state index contributed by atoms with van der Waals surface area (Å²) in [7, 11) is 1.88. The highest BCUT2D eigenvalue weighted by molar-refractivity contribution is 5.34. The van der Waals surface area contributed by atoms with Gasteiger partial charge in [-0.1, -0.05) is 6.92 Å². The lowest BCUT2D eigenvalue weighted by atomic mass is 10.3. The minimum absolute atomic E-state index is 0.521. The lowest BCUT2D eigenvalue weighted by Crippen LogP contribution is -2.30. The van der Waals surface area contributed by atoms with Crippen molar-refractivity contribution in [1.29, 1.82) is 0 Å². The van der Waals surface area contributed by atoms with Crippen molar-refractivity contribution in [1.82, 2.24) is 14.9 Å². The molecule has 1 N–H and O–H groups in total. The van der Waals surface area contributed by atoms with E-state index in [1.807, 2.05) is 20.0 Å². The van der Waals surface area contributed by atoms with Gasteiger partial charge in [0.25, 0.3) is 0 Å². The van der Waals surface area contributed by atoms with E-state index in [2.05, 4.69) is 41.0 Å². The molecule has 1 aromatic heterocycles. The van der Waals surface area contributed by atoms with E-state index in [1.54, 1.807) is 0 Å². The van der Waals surface area contributed by atoms with Crippen LogP contribution >= 0.6 is 0 Å². The zero-order chi connectivity index (χ0) is 12.1. The van der Waals surface area contributed by atoms with Crippen molar-refractivity contribution < 1.29 is 0 Å². The summed E-state index contributed by atoms with van der Waals surface area (Å²) >= 11 is 0. The van der Waals surface area contributed by atoms with Crippen LogP contribution in [0.25, 0.3) is 0 Å². The Balaban J connectivity index is 2.83. The second-order valence-electron chi connectivity index (χ2n) is 4.22. The SMILES string of the molecule is CCN(Cc1nc(C)cc(NC)n1)C(C)C. The Morgan fingerprint density at radius 1 is 1.38 bits per heavy atom. The molecule has 0 unspecified atom stereocenters. The molecule has 0 spiro atoms. The van der Waals surface area contributed by atoms with E-state index >= 15 is 0 Å². The molecule has 0 saturated carbocycles. The zero-order valence-electron chi connectivity index (χ0n) is 10.9. The van der Waals surface area contributed by atoms with Crippen LogP contribution in [0, 0.1) is 6.92 Å². The highest BCUT2D eigenvalue weighted by Gasteiger charge is 2.10. The molecule has 1 heterocycles. The van der Waals surface area contributed by atoms with Gasteiger partial charge in [-0.25, -0.2) is 9.97 Å². The fourth-order valence-electron chi connectivity index (χ4n) is 1.67. The van der Waals surface area contributed by atoms with Crippen LogP contribution in [0.1, 0.15) is 32.3 Å². The second kappa shape index (κ2) is 5.80. The van der Waals surface area contributed by atoms with Gasteiger partial charge >= 0.3 is 0 Å². The quantitative estimate of drug-likeness (QED) is 0.828. The topological polar surface area (TPSA) is 41.1 Å². The van der Waals surface area contributed by atoms with Gasteiger partial charge in [-0.15, -0.1) is 0 Å². The van der Waals surface area contributed by atoms with Gasteiger partial charge in [-0.2, -0.15) is 0 Å². The van der Waals surface area contributed by atoms with Gasteiger partial charge in [0.15, 0.2) is 0 Å². The number of hydrogen-bond donors (Lipinski definition) is 1. The Morgan fingerprint density at radius 3 is 2.56 bits per heavy atom. The van der Waals surface area contributed by atoms with E-state index in [-0.39, 0.29) is 0 Å². The number of nitrogens with one attached hydrogen (secondary N) is 1. The van der Waals surface area contributed by atoms with E-state index in [4.69, 9.17) is 0 Å². The summed E-state index contributed by atoms with van der Waals surface area (Å²) in [6.07, 6.45) is 0. The largest absolute Gasteiger partial charge is 0.373 e. The molecule has 16 heavy (non-hydrogen) atoms. The van der Waals surface area contributed by atoms with Crippen molar-refractivity contribution in [3.05, 3.63) is 17.6 Å². The maximum atomic E-state index is 4.46. The second-order valence-corrected chi connectivity index (χ2v) is 4.22. The summed E-state index contributed by atoms with van der Waals surface area (Å²) in [4.78, 5) is 11.3. The molecule has 0 aliphatic rings. The van der Waals surface area contributed by atoms with E-state index in [0.29, 0.717) is 6.04 Å². The average Bonchev–Trinajstić information content (AvgIpc) is 2.24. The van der Waals surface area contributed by atoms with Crippen molar-refractivity contribution >= 4 is 5.82 Å². The minimum Gasteiger partial charge on any atom is -0.373 e. The molecule has 0 aromatic carbocycles. The highest BCUT2D eigenvalue weighted by Crippen LogP contribution is 2.09. The summed E-state index contributed by atoms with van der Waals surface area (Å²) < 4.78 is 0. The third kappa shape index (κ3) is 3.45. The number of nitrogens with zero attached hydrogens (tertiary/aromatic N) is 3. The minimum atomic E-state index is 0.521. The number of aryl methyl sites for hydroxylation is 1. The Hall–Kier alpha value is -1.16. The fourth-order valence-corrected chi connectivity index (χ4v) is 1.67. The lowest BCUT2D eigenvalue weighted by Gasteiger charge is -2.23.